The molecule has 0 saturated heterocycles. The first-order valence-electron chi connectivity index (χ1n) is 9.82. The maximum atomic E-state index is 12.9. The average Bonchev–Trinajstić information content (AvgIpc) is 3.36. The second-order valence-corrected chi connectivity index (χ2v) is 6.87. The summed E-state index contributed by atoms with van der Waals surface area (Å²) in [7, 11) is 0. The number of alkyl halides is 3. The minimum atomic E-state index is -4.42. The van der Waals surface area contributed by atoms with Gasteiger partial charge in [-0.05, 0) is 24.3 Å². The van der Waals surface area contributed by atoms with E-state index >= 15 is 0 Å². The summed E-state index contributed by atoms with van der Waals surface area (Å²) >= 11 is 0. The Hall–Kier alpha value is -4.46. The molecule has 0 aliphatic rings. The van der Waals surface area contributed by atoms with E-state index < -0.39 is 11.7 Å². The monoisotopic (exact) mass is 450 g/mol. The number of nitriles is 1. The molecule has 0 fully saturated rings. The lowest BCUT2D eigenvalue weighted by Gasteiger charge is -2.12. The summed E-state index contributed by atoms with van der Waals surface area (Å²) < 4.78 is 38.8. The molecular weight excluding hydrogens is 433 g/mol. The van der Waals surface area contributed by atoms with E-state index in [0.29, 0.717) is 53.1 Å². The van der Waals surface area contributed by atoms with Crippen LogP contribution in [0.5, 0.6) is 0 Å². The number of halogens is 3. The van der Waals surface area contributed by atoms with Crippen molar-refractivity contribution in [3.05, 3.63) is 72.3 Å². The normalized spacial score (nSPS) is 11.1. The molecule has 1 aromatic carbocycles. The van der Waals surface area contributed by atoms with Gasteiger partial charge in [0.1, 0.15) is 17.7 Å². The van der Waals surface area contributed by atoms with Gasteiger partial charge in [-0.3, -0.25) is 0 Å². The van der Waals surface area contributed by atoms with Gasteiger partial charge in [0.05, 0.1) is 22.4 Å². The molecule has 8 nitrogen and oxygen atoms in total. The van der Waals surface area contributed by atoms with Crippen molar-refractivity contribution in [2.45, 2.75) is 6.18 Å². The minimum Gasteiger partial charge on any atom is -0.368 e. The summed E-state index contributed by atoms with van der Waals surface area (Å²) in [6, 6.07) is 10.2. The van der Waals surface area contributed by atoms with Crippen LogP contribution in [0, 0.1) is 11.3 Å². The van der Waals surface area contributed by atoms with Gasteiger partial charge in [0, 0.05) is 43.4 Å². The Morgan fingerprint density at radius 1 is 0.939 bits per heavy atom. The highest BCUT2D eigenvalue weighted by Gasteiger charge is 2.30. The lowest BCUT2D eigenvalue weighted by atomic mass is 10.0. The highest BCUT2D eigenvalue weighted by Crippen LogP contribution is 2.33. The molecule has 3 aromatic heterocycles. The zero-order valence-electron chi connectivity index (χ0n) is 17.1. The van der Waals surface area contributed by atoms with Crippen LogP contribution in [0.3, 0.4) is 0 Å². The van der Waals surface area contributed by atoms with Crippen molar-refractivity contribution in [1.29, 1.82) is 5.26 Å². The first-order chi connectivity index (χ1) is 15.9. The quantitative estimate of drug-likeness (QED) is 0.359. The third-order valence-electron chi connectivity index (χ3n) is 4.63. The molecule has 0 unspecified atom stereocenters. The Bertz CT molecular complexity index is 1250. The number of aromatic amines is 1. The van der Waals surface area contributed by atoms with Gasteiger partial charge in [0.15, 0.2) is 0 Å². The second-order valence-electron chi connectivity index (χ2n) is 6.87. The van der Waals surface area contributed by atoms with Gasteiger partial charge >= 0.3 is 6.18 Å². The Kier molecular flexibility index (Phi) is 6.17. The van der Waals surface area contributed by atoms with Crippen LogP contribution in [0.2, 0.25) is 0 Å². The number of benzene rings is 1. The SMILES string of the molecule is N#Cc1ccc(NCCNc2ncc(-c3ncc[nH]3)c(-c3ccc(C(F)(F)F)cc3)n2)nc1. The molecule has 4 rings (SSSR count). The zero-order valence-corrected chi connectivity index (χ0v) is 17.1. The molecule has 0 aliphatic heterocycles. The average molecular weight is 450 g/mol. The van der Waals surface area contributed by atoms with Crippen LogP contribution in [0.25, 0.3) is 22.6 Å². The van der Waals surface area contributed by atoms with Crippen molar-refractivity contribution in [1.82, 2.24) is 24.9 Å². The summed E-state index contributed by atoms with van der Waals surface area (Å²) in [6.07, 6.45) is 1.83. The predicted molar refractivity (Wildman–Crippen MR) is 116 cm³/mol. The predicted octanol–water partition coefficient (Wildman–Crippen LogP) is 4.34. The van der Waals surface area contributed by atoms with E-state index in [1.165, 1.54) is 18.3 Å². The third kappa shape index (κ3) is 5.24. The van der Waals surface area contributed by atoms with Gasteiger partial charge < -0.3 is 15.6 Å². The molecule has 0 saturated carbocycles. The molecule has 0 spiro atoms. The number of imidazole rings is 1. The Morgan fingerprint density at radius 2 is 1.73 bits per heavy atom. The molecule has 0 atom stereocenters. The van der Waals surface area contributed by atoms with Crippen LogP contribution in [0.4, 0.5) is 24.9 Å². The molecule has 0 aliphatic carbocycles. The van der Waals surface area contributed by atoms with E-state index in [9.17, 15) is 13.2 Å². The summed E-state index contributed by atoms with van der Waals surface area (Å²) in [4.78, 5) is 20.1. The van der Waals surface area contributed by atoms with Crippen LogP contribution in [0.1, 0.15) is 11.1 Å². The minimum absolute atomic E-state index is 0.315. The maximum Gasteiger partial charge on any atom is 0.416 e. The number of rotatable bonds is 7. The Morgan fingerprint density at radius 3 is 2.36 bits per heavy atom. The van der Waals surface area contributed by atoms with Crippen LogP contribution in [-0.2, 0) is 6.18 Å². The van der Waals surface area contributed by atoms with Crippen LogP contribution in [-0.4, -0.2) is 38.0 Å². The first kappa shape index (κ1) is 21.8. The van der Waals surface area contributed by atoms with E-state index in [1.807, 2.05) is 6.07 Å². The van der Waals surface area contributed by atoms with Gasteiger partial charge in [0.25, 0.3) is 0 Å². The number of nitrogens with one attached hydrogen (secondary N) is 3. The van der Waals surface area contributed by atoms with E-state index in [4.69, 9.17) is 5.26 Å². The van der Waals surface area contributed by atoms with Crippen LogP contribution < -0.4 is 10.6 Å². The van der Waals surface area contributed by atoms with Gasteiger partial charge in [-0.2, -0.15) is 18.4 Å². The second kappa shape index (κ2) is 9.35. The van der Waals surface area contributed by atoms with E-state index in [1.54, 1.807) is 30.7 Å². The summed E-state index contributed by atoms with van der Waals surface area (Å²) in [5.41, 5.74) is 1.24. The standard InChI is InChI=1S/C22H17F3N8/c23-22(24,25)16-4-2-15(3-5-16)19-17(20-28-8-9-29-20)13-32-21(33-19)30-10-7-27-18-6-1-14(11-26)12-31-18/h1-6,8-9,12-13H,7,10H2,(H,27,31)(H,28,29)(H,30,32,33). The van der Waals surface area contributed by atoms with Crippen molar-refractivity contribution in [3.8, 4) is 28.7 Å². The van der Waals surface area contributed by atoms with Crippen molar-refractivity contribution >= 4 is 11.8 Å². The Balaban J connectivity index is 1.51. The fourth-order valence-corrected chi connectivity index (χ4v) is 3.02. The number of anilines is 2. The van der Waals surface area contributed by atoms with Crippen molar-refractivity contribution in [2.75, 3.05) is 23.7 Å². The van der Waals surface area contributed by atoms with Gasteiger partial charge in [-0.25, -0.2) is 19.9 Å². The summed E-state index contributed by atoms with van der Waals surface area (Å²) in [5, 5.41) is 15.0. The number of hydrogen-bond donors (Lipinski definition) is 3. The molecule has 0 bridgehead atoms. The summed E-state index contributed by atoms with van der Waals surface area (Å²) in [6.45, 7) is 0.950. The first-order valence-corrected chi connectivity index (χ1v) is 9.82. The molecule has 3 N–H and O–H groups in total. The number of aromatic nitrogens is 5. The molecule has 11 heteroatoms. The van der Waals surface area contributed by atoms with E-state index in [2.05, 4.69) is 35.6 Å². The number of hydrogen-bond acceptors (Lipinski definition) is 7. The Labute approximate surface area is 186 Å². The molecule has 0 amide bonds. The molecule has 33 heavy (non-hydrogen) atoms. The zero-order chi connectivity index (χ0) is 23.3. The fraction of sp³-hybridized carbons (Fsp3) is 0.136. The molecule has 166 valence electrons. The van der Waals surface area contributed by atoms with Gasteiger partial charge in [-0.15, -0.1) is 0 Å². The van der Waals surface area contributed by atoms with E-state index in [0.717, 1.165) is 12.1 Å². The maximum absolute atomic E-state index is 12.9. The highest BCUT2D eigenvalue weighted by molar-refractivity contribution is 5.77. The molecule has 0 radical (unpaired) electrons. The number of nitrogens with zero attached hydrogens (tertiary/aromatic N) is 5. The molecular formula is C22H17F3N8. The lowest BCUT2D eigenvalue weighted by molar-refractivity contribution is -0.137. The topological polar surface area (TPSA) is 115 Å². The van der Waals surface area contributed by atoms with Crippen LogP contribution in [0.15, 0.2) is 61.2 Å². The van der Waals surface area contributed by atoms with Crippen molar-refractivity contribution in [2.24, 2.45) is 0 Å². The largest absolute Gasteiger partial charge is 0.416 e. The van der Waals surface area contributed by atoms with Crippen molar-refractivity contribution < 1.29 is 13.2 Å². The molecule has 3 heterocycles. The van der Waals surface area contributed by atoms with Crippen molar-refractivity contribution in [3.63, 3.8) is 0 Å². The highest BCUT2D eigenvalue weighted by atomic mass is 19.4. The van der Waals surface area contributed by atoms with Gasteiger partial charge in [-0.1, -0.05) is 12.1 Å². The third-order valence-corrected chi connectivity index (χ3v) is 4.63. The smallest absolute Gasteiger partial charge is 0.368 e. The van der Waals surface area contributed by atoms with Gasteiger partial charge in [0.2, 0.25) is 5.95 Å². The number of pyridine rings is 1. The molecule has 4 aromatic rings. The summed E-state index contributed by atoms with van der Waals surface area (Å²) in [5.74, 6) is 1.44. The van der Waals surface area contributed by atoms with Crippen LogP contribution >= 0.6 is 0 Å². The number of H-pyrrole nitrogens is 1. The lowest BCUT2D eigenvalue weighted by Crippen LogP contribution is -2.16. The fourth-order valence-electron chi connectivity index (χ4n) is 3.02. The van der Waals surface area contributed by atoms with E-state index in [-0.39, 0.29) is 0 Å².